The molecule has 0 saturated carbocycles. The molecule has 1 amide bonds. The van der Waals surface area contributed by atoms with Gasteiger partial charge in [0.1, 0.15) is 5.82 Å². The average molecular weight is 494 g/mol. The Balaban J connectivity index is 1.75. The van der Waals surface area contributed by atoms with Crippen LogP contribution in [0.15, 0.2) is 54.6 Å². The zero-order valence-electron chi connectivity index (χ0n) is 21.2. The van der Waals surface area contributed by atoms with Crippen LogP contribution in [0.5, 0.6) is 0 Å². The van der Waals surface area contributed by atoms with E-state index in [2.05, 4.69) is 54.3 Å². The van der Waals surface area contributed by atoms with E-state index in [4.69, 9.17) is 16.7 Å². The highest BCUT2D eigenvalue weighted by atomic mass is 35.5. The molecule has 4 rings (SSSR count). The van der Waals surface area contributed by atoms with Gasteiger partial charge in [0.15, 0.2) is 0 Å². The summed E-state index contributed by atoms with van der Waals surface area (Å²) in [5.41, 5.74) is 3.71. The van der Waals surface area contributed by atoms with Crippen LogP contribution in [0, 0.1) is 6.92 Å². The third-order valence-electron chi connectivity index (χ3n) is 7.06. The van der Waals surface area contributed by atoms with Gasteiger partial charge in [-0.3, -0.25) is 4.79 Å². The van der Waals surface area contributed by atoms with Crippen LogP contribution < -0.4 is 4.90 Å². The number of amides is 1. The lowest BCUT2D eigenvalue weighted by Crippen LogP contribution is -2.47. The molecule has 186 valence electrons. The molecule has 6 nitrogen and oxygen atoms in total. The first-order valence-electron chi connectivity index (χ1n) is 12.6. The summed E-state index contributed by atoms with van der Waals surface area (Å²) in [7, 11) is 0. The Bertz CT molecular complexity index is 1140. The number of benzene rings is 2. The lowest BCUT2D eigenvalue weighted by Gasteiger charge is -2.37. The summed E-state index contributed by atoms with van der Waals surface area (Å²) in [6.45, 7) is 14.0. The molecule has 0 N–H and O–H groups in total. The topological polar surface area (TPSA) is 44.6 Å². The Morgan fingerprint density at radius 3 is 2.40 bits per heavy atom. The summed E-state index contributed by atoms with van der Waals surface area (Å²) in [4.78, 5) is 20.6. The van der Waals surface area contributed by atoms with Gasteiger partial charge in [-0.15, -0.1) is 0 Å². The molecule has 35 heavy (non-hydrogen) atoms. The number of likely N-dealkylation sites (N-methyl/N-ethyl adjacent to an activating group) is 1. The summed E-state index contributed by atoms with van der Waals surface area (Å²) < 4.78 is 2.06. The van der Waals surface area contributed by atoms with Crippen molar-refractivity contribution in [2.24, 2.45) is 0 Å². The van der Waals surface area contributed by atoms with Gasteiger partial charge in [-0.2, -0.15) is 5.10 Å². The number of aromatic nitrogens is 2. The molecular formula is C28H36ClN5O. The van der Waals surface area contributed by atoms with Gasteiger partial charge in [-0.25, -0.2) is 4.68 Å². The minimum atomic E-state index is -0.00420. The van der Waals surface area contributed by atoms with E-state index >= 15 is 0 Å². The zero-order chi connectivity index (χ0) is 24.9. The van der Waals surface area contributed by atoms with Crippen LogP contribution in [-0.2, 0) is 6.54 Å². The number of rotatable bonds is 8. The van der Waals surface area contributed by atoms with E-state index < -0.39 is 0 Å². The van der Waals surface area contributed by atoms with Crippen LogP contribution in [0.3, 0.4) is 0 Å². The molecule has 1 aliphatic rings. The second-order valence-electron chi connectivity index (χ2n) is 9.26. The third-order valence-corrected chi connectivity index (χ3v) is 7.30. The van der Waals surface area contributed by atoms with E-state index in [0.717, 1.165) is 61.9 Å². The molecule has 2 aromatic carbocycles. The molecule has 0 bridgehead atoms. The van der Waals surface area contributed by atoms with Gasteiger partial charge in [0.05, 0.1) is 17.9 Å². The number of carbonyl (C=O) groups excluding carboxylic acids is 1. The van der Waals surface area contributed by atoms with Gasteiger partial charge in [0.25, 0.3) is 5.91 Å². The fourth-order valence-corrected chi connectivity index (χ4v) is 4.88. The smallest absolute Gasteiger partial charge is 0.254 e. The second kappa shape index (κ2) is 11.3. The monoisotopic (exact) mass is 493 g/mol. The van der Waals surface area contributed by atoms with Crippen molar-refractivity contribution in [3.05, 3.63) is 76.4 Å². The fraction of sp³-hybridized carbons (Fsp3) is 0.429. The number of piperazine rings is 1. The van der Waals surface area contributed by atoms with E-state index in [1.165, 1.54) is 0 Å². The van der Waals surface area contributed by atoms with Gasteiger partial charge < -0.3 is 14.7 Å². The Kier molecular flexibility index (Phi) is 8.14. The molecule has 1 aromatic heterocycles. The van der Waals surface area contributed by atoms with Crippen molar-refractivity contribution in [3.63, 3.8) is 0 Å². The maximum Gasteiger partial charge on any atom is 0.254 e. The van der Waals surface area contributed by atoms with E-state index in [1.807, 2.05) is 35.2 Å². The van der Waals surface area contributed by atoms with Gasteiger partial charge in [0.2, 0.25) is 0 Å². The van der Waals surface area contributed by atoms with Crippen LogP contribution in [0.25, 0.3) is 5.69 Å². The van der Waals surface area contributed by atoms with Crippen molar-refractivity contribution in [2.75, 3.05) is 37.6 Å². The molecule has 3 aromatic rings. The number of hydrogen-bond donors (Lipinski definition) is 0. The Hall–Kier alpha value is -2.83. The molecule has 0 radical (unpaired) electrons. The number of para-hydroxylation sites is 1. The van der Waals surface area contributed by atoms with Crippen LogP contribution >= 0.6 is 11.6 Å². The number of carbonyl (C=O) groups is 1. The first-order chi connectivity index (χ1) is 16.9. The first kappa shape index (κ1) is 25.3. The first-order valence-corrected chi connectivity index (χ1v) is 13.0. The summed E-state index contributed by atoms with van der Waals surface area (Å²) in [5, 5.41) is 5.55. The van der Waals surface area contributed by atoms with Crippen molar-refractivity contribution in [2.45, 2.75) is 46.7 Å². The molecule has 2 heterocycles. The van der Waals surface area contributed by atoms with Crippen molar-refractivity contribution in [1.29, 1.82) is 0 Å². The third kappa shape index (κ3) is 5.54. The summed E-state index contributed by atoms with van der Waals surface area (Å²) >= 11 is 6.22. The molecule has 0 aliphatic carbocycles. The van der Waals surface area contributed by atoms with Crippen LogP contribution in [0.2, 0.25) is 5.02 Å². The Morgan fingerprint density at radius 1 is 1.06 bits per heavy atom. The molecule has 1 saturated heterocycles. The van der Waals surface area contributed by atoms with Gasteiger partial charge in [-0.1, -0.05) is 49.7 Å². The van der Waals surface area contributed by atoms with E-state index in [1.54, 1.807) is 12.1 Å². The normalized spacial score (nSPS) is 15.3. The van der Waals surface area contributed by atoms with Gasteiger partial charge in [-0.05, 0) is 57.1 Å². The van der Waals surface area contributed by atoms with Crippen molar-refractivity contribution < 1.29 is 4.79 Å². The highest BCUT2D eigenvalue weighted by molar-refractivity contribution is 6.30. The van der Waals surface area contributed by atoms with Crippen LogP contribution in [-0.4, -0.2) is 64.3 Å². The van der Waals surface area contributed by atoms with Crippen molar-refractivity contribution in [1.82, 2.24) is 19.6 Å². The second-order valence-corrected chi connectivity index (χ2v) is 9.69. The van der Waals surface area contributed by atoms with Gasteiger partial charge in [0, 0.05) is 48.4 Å². The number of aryl methyl sites for hydroxylation is 1. The highest BCUT2D eigenvalue weighted by Crippen LogP contribution is 2.31. The molecule has 1 aliphatic heterocycles. The summed E-state index contributed by atoms with van der Waals surface area (Å²) in [6.07, 6.45) is 0.864. The lowest BCUT2D eigenvalue weighted by molar-refractivity contribution is 0.0671. The van der Waals surface area contributed by atoms with Crippen LogP contribution in [0.1, 0.15) is 48.8 Å². The minimum Gasteiger partial charge on any atom is -0.354 e. The molecule has 0 spiro atoms. The molecular weight excluding hydrogens is 458 g/mol. The predicted molar refractivity (Wildman–Crippen MR) is 144 cm³/mol. The zero-order valence-corrected chi connectivity index (χ0v) is 22.0. The van der Waals surface area contributed by atoms with Crippen LogP contribution in [0.4, 0.5) is 5.82 Å². The molecule has 1 fully saturated rings. The maximum absolute atomic E-state index is 13.7. The minimum absolute atomic E-state index is 0.00420. The number of nitrogens with zero attached hydrogens (tertiary/aromatic N) is 5. The largest absolute Gasteiger partial charge is 0.354 e. The summed E-state index contributed by atoms with van der Waals surface area (Å²) in [5.74, 6) is 1.09. The summed E-state index contributed by atoms with van der Waals surface area (Å²) in [6, 6.07) is 17.6. The van der Waals surface area contributed by atoms with Crippen molar-refractivity contribution >= 4 is 23.3 Å². The SMILES string of the molecule is CCC(C)N(Cc1c(C)nn(-c2ccccc2)c1N1CCN(CC)CC1)C(=O)c1cccc(Cl)c1. The van der Waals surface area contributed by atoms with E-state index in [9.17, 15) is 4.79 Å². The molecule has 1 atom stereocenters. The predicted octanol–water partition coefficient (Wildman–Crippen LogP) is 5.42. The highest BCUT2D eigenvalue weighted by Gasteiger charge is 2.29. The van der Waals surface area contributed by atoms with E-state index in [0.29, 0.717) is 17.1 Å². The Morgan fingerprint density at radius 2 is 1.77 bits per heavy atom. The van der Waals surface area contributed by atoms with E-state index in [-0.39, 0.29) is 11.9 Å². The average Bonchev–Trinajstić information content (AvgIpc) is 3.22. The van der Waals surface area contributed by atoms with Crippen molar-refractivity contribution in [3.8, 4) is 5.69 Å². The standard InChI is InChI=1S/C28H36ClN5O/c1-5-21(3)33(28(35)23-11-10-12-24(29)19-23)20-26-22(4)30-34(25-13-8-7-9-14-25)27(26)32-17-15-31(6-2)16-18-32/h7-14,19,21H,5-6,15-18,20H2,1-4H3. The van der Waals surface area contributed by atoms with Gasteiger partial charge >= 0.3 is 0 Å². The maximum atomic E-state index is 13.7. The number of hydrogen-bond acceptors (Lipinski definition) is 4. The Labute approximate surface area is 214 Å². The number of halogens is 1. The lowest BCUT2D eigenvalue weighted by atomic mass is 10.1. The molecule has 7 heteroatoms. The molecule has 1 unspecified atom stereocenters. The fourth-order valence-electron chi connectivity index (χ4n) is 4.69. The number of anilines is 1. The quantitative estimate of drug-likeness (QED) is 0.420.